The first kappa shape index (κ1) is 49.4. The lowest BCUT2D eigenvalue weighted by Gasteiger charge is -2.19. The highest BCUT2D eigenvalue weighted by Gasteiger charge is 2.17. The maximum Gasteiger partial charge on any atom is 0.220 e. The molecule has 4 heteroatoms. The third kappa shape index (κ3) is 39.4. The SMILES string of the molecule is CCCCCCCC/C=C\CCCCCCCC(=O)NC(CO)C(O)/C=C/CC/C=C/CC/C=C/CCCCCCCCCCCCCCCC. The molecule has 3 N–H and O–H groups in total. The molecule has 1 amide bonds. The molecule has 0 aliphatic heterocycles. The fourth-order valence-corrected chi connectivity index (χ4v) is 6.56. The summed E-state index contributed by atoms with van der Waals surface area (Å²) in [7, 11) is 0. The van der Waals surface area contributed by atoms with Crippen LogP contribution in [0, 0.1) is 0 Å². The van der Waals surface area contributed by atoms with E-state index in [-0.39, 0.29) is 12.5 Å². The second-order valence-corrected chi connectivity index (χ2v) is 15.1. The molecule has 0 aromatic carbocycles. The van der Waals surface area contributed by atoms with Crippen molar-refractivity contribution in [3.8, 4) is 0 Å². The summed E-state index contributed by atoms with van der Waals surface area (Å²) in [6, 6.07) is -0.649. The van der Waals surface area contributed by atoms with Crippen molar-refractivity contribution in [3.05, 3.63) is 48.6 Å². The van der Waals surface area contributed by atoms with Crippen molar-refractivity contribution >= 4 is 5.91 Å². The third-order valence-electron chi connectivity index (χ3n) is 10.0. The van der Waals surface area contributed by atoms with Gasteiger partial charge in [0.1, 0.15) is 0 Å². The lowest BCUT2D eigenvalue weighted by atomic mass is 10.0. The van der Waals surface area contributed by atoms with E-state index in [2.05, 4.69) is 55.6 Å². The summed E-state index contributed by atoms with van der Waals surface area (Å²) in [5.74, 6) is -0.0873. The highest BCUT2D eigenvalue weighted by Crippen LogP contribution is 2.14. The number of hydrogen-bond donors (Lipinski definition) is 3. The predicted molar refractivity (Wildman–Crippen MR) is 225 cm³/mol. The number of nitrogens with one attached hydrogen (secondary N) is 1. The van der Waals surface area contributed by atoms with Gasteiger partial charge >= 0.3 is 0 Å². The molecule has 0 aromatic heterocycles. The zero-order valence-corrected chi connectivity index (χ0v) is 34.1. The Morgan fingerprint density at radius 3 is 1.14 bits per heavy atom. The van der Waals surface area contributed by atoms with Crippen LogP contribution < -0.4 is 5.32 Å². The van der Waals surface area contributed by atoms with Gasteiger partial charge in [0.25, 0.3) is 0 Å². The molecule has 2 unspecified atom stereocenters. The number of hydrogen-bond acceptors (Lipinski definition) is 3. The van der Waals surface area contributed by atoms with Gasteiger partial charge in [-0.1, -0.05) is 197 Å². The van der Waals surface area contributed by atoms with Crippen molar-refractivity contribution in [3.63, 3.8) is 0 Å². The van der Waals surface area contributed by atoms with E-state index in [1.165, 1.54) is 154 Å². The largest absolute Gasteiger partial charge is 0.394 e. The topological polar surface area (TPSA) is 69.6 Å². The van der Waals surface area contributed by atoms with Gasteiger partial charge in [0, 0.05) is 6.42 Å². The van der Waals surface area contributed by atoms with Gasteiger partial charge in [0.05, 0.1) is 18.8 Å². The summed E-state index contributed by atoms with van der Waals surface area (Å²) >= 11 is 0. The fraction of sp³-hybridized carbons (Fsp3) is 0.809. The number of aliphatic hydroxyl groups is 2. The molecule has 0 bridgehead atoms. The first-order valence-corrected chi connectivity index (χ1v) is 22.4. The molecule has 0 radical (unpaired) electrons. The van der Waals surface area contributed by atoms with Crippen molar-refractivity contribution in [2.45, 2.75) is 238 Å². The van der Waals surface area contributed by atoms with Crippen LogP contribution in [0.15, 0.2) is 48.6 Å². The second-order valence-electron chi connectivity index (χ2n) is 15.1. The normalized spacial score (nSPS) is 13.4. The Hall–Kier alpha value is -1.65. The fourth-order valence-electron chi connectivity index (χ4n) is 6.56. The zero-order chi connectivity index (χ0) is 37.1. The molecule has 0 saturated carbocycles. The molecule has 0 saturated heterocycles. The maximum atomic E-state index is 12.4. The molecular weight excluding hydrogens is 627 g/mol. The van der Waals surface area contributed by atoms with Gasteiger partial charge in [-0.05, 0) is 70.6 Å². The molecule has 0 fully saturated rings. The van der Waals surface area contributed by atoms with Crippen molar-refractivity contribution in [2.24, 2.45) is 0 Å². The van der Waals surface area contributed by atoms with Crippen LogP contribution in [0.1, 0.15) is 226 Å². The highest BCUT2D eigenvalue weighted by molar-refractivity contribution is 5.76. The molecule has 0 aromatic rings. The Labute approximate surface area is 318 Å². The van der Waals surface area contributed by atoms with E-state index >= 15 is 0 Å². The van der Waals surface area contributed by atoms with E-state index in [9.17, 15) is 15.0 Å². The minimum atomic E-state index is -0.873. The molecule has 0 aliphatic rings. The average Bonchev–Trinajstić information content (AvgIpc) is 3.13. The van der Waals surface area contributed by atoms with Crippen LogP contribution in [0.3, 0.4) is 0 Å². The minimum absolute atomic E-state index is 0.0873. The number of carbonyl (C=O) groups excluding carboxylic acids is 1. The standard InChI is InChI=1S/C47H87NO3/c1-3-5-7-9-11-13-15-17-19-20-21-22-23-24-25-26-27-29-30-32-34-36-38-40-42-46(50)45(44-49)48-47(51)43-41-39-37-35-33-31-28-18-16-14-12-10-8-6-4-2/h18,26-28,32,34,40,42,45-46,49-50H,3-17,19-25,29-31,33,35-39,41,43-44H2,1-2H3,(H,48,51)/b27-26+,28-18-,34-32+,42-40+. The Morgan fingerprint density at radius 1 is 0.451 bits per heavy atom. The summed E-state index contributed by atoms with van der Waals surface area (Å²) in [5, 5.41) is 23.0. The summed E-state index contributed by atoms with van der Waals surface area (Å²) in [6.45, 7) is 4.29. The van der Waals surface area contributed by atoms with Crippen molar-refractivity contribution in [1.29, 1.82) is 0 Å². The molecule has 0 heterocycles. The average molecular weight is 714 g/mol. The molecule has 2 atom stereocenters. The Kier molecular flexibility index (Phi) is 41.4. The predicted octanol–water partition coefficient (Wildman–Crippen LogP) is 14.0. The number of rotatable bonds is 40. The van der Waals surface area contributed by atoms with Crippen molar-refractivity contribution in [2.75, 3.05) is 6.61 Å². The van der Waals surface area contributed by atoms with Crippen LogP contribution >= 0.6 is 0 Å². The van der Waals surface area contributed by atoms with Gasteiger partial charge in [0.2, 0.25) is 5.91 Å². The van der Waals surface area contributed by atoms with Crippen molar-refractivity contribution < 1.29 is 15.0 Å². The first-order chi connectivity index (χ1) is 25.2. The Balaban J connectivity index is 3.64. The maximum absolute atomic E-state index is 12.4. The van der Waals surface area contributed by atoms with E-state index in [1.807, 2.05) is 6.08 Å². The highest BCUT2D eigenvalue weighted by atomic mass is 16.3. The molecule has 4 nitrogen and oxygen atoms in total. The summed E-state index contributed by atoms with van der Waals surface area (Å²) in [4.78, 5) is 12.4. The Bertz CT molecular complexity index is 816. The molecule has 0 spiro atoms. The van der Waals surface area contributed by atoms with Gasteiger partial charge in [-0.3, -0.25) is 4.79 Å². The number of amides is 1. The van der Waals surface area contributed by atoms with Crippen molar-refractivity contribution in [1.82, 2.24) is 5.32 Å². The summed E-state index contributed by atoms with van der Waals surface area (Å²) in [6.07, 6.45) is 58.0. The monoisotopic (exact) mass is 714 g/mol. The Morgan fingerprint density at radius 2 is 0.765 bits per heavy atom. The molecule has 0 rings (SSSR count). The van der Waals surface area contributed by atoms with Crippen LogP contribution in [0.4, 0.5) is 0 Å². The first-order valence-electron chi connectivity index (χ1n) is 22.4. The van der Waals surface area contributed by atoms with Gasteiger partial charge in [-0.15, -0.1) is 0 Å². The zero-order valence-electron chi connectivity index (χ0n) is 34.1. The van der Waals surface area contributed by atoms with Crippen LogP contribution in [-0.2, 0) is 4.79 Å². The lowest BCUT2D eigenvalue weighted by Crippen LogP contribution is -2.45. The van der Waals surface area contributed by atoms with Crippen LogP contribution in [-0.4, -0.2) is 34.9 Å². The number of unbranched alkanes of at least 4 members (excludes halogenated alkanes) is 27. The lowest BCUT2D eigenvalue weighted by molar-refractivity contribution is -0.123. The molecule has 0 aliphatic carbocycles. The molecule has 298 valence electrons. The van der Waals surface area contributed by atoms with E-state index in [4.69, 9.17) is 0 Å². The van der Waals surface area contributed by atoms with Crippen LogP contribution in [0.2, 0.25) is 0 Å². The van der Waals surface area contributed by atoms with E-state index in [0.29, 0.717) is 6.42 Å². The van der Waals surface area contributed by atoms with Gasteiger partial charge in [-0.2, -0.15) is 0 Å². The van der Waals surface area contributed by atoms with Gasteiger partial charge in [-0.25, -0.2) is 0 Å². The van der Waals surface area contributed by atoms with E-state index < -0.39 is 12.1 Å². The molecule has 51 heavy (non-hydrogen) atoms. The smallest absolute Gasteiger partial charge is 0.220 e. The molecular formula is C47H87NO3. The number of allylic oxidation sites excluding steroid dienone is 7. The van der Waals surface area contributed by atoms with Gasteiger partial charge < -0.3 is 15.5 Å². The third-order valence-corrected chi connectivity index (χ3v) is 10.0. The second kappa shape index (κ2) is 42.8. The summed E-state index contributed by atoms with van der Waals surface area (Å²) in [5.41, 5.74) is 0. The quantitative estimate of drug-likeness (QED) is 0.0437. The minimum Gasteiger partial charge on any atom is -0.394 e. The summed E-state index contributed by atoms with van der Waals surface area (Å²) < 4.78 is 0. The number of carbonyl (C=O) groups is 1. The van der Waals surface area contributed by atoms with Crippen LogP contribution in [0.25, 0.3) is 0 Å². The van der Waals surface area contributed by atoms with E-state index in [0.717, 1.165) is 51.4 Å². The van der Waals surface area contributed by atoms with E-state index in [1.54, 1.807) is 6.08 Å². The van der Waals surface area contributed by atoms with Crippen LogP contribution in [0.5, 0.6) is 0 Å². The number of aliphatic hydroxyl groups excluding tert-OH is 2. The van der Waals surface area contributed by atoms with Gasteiger partial charge in [0.15, 0.2) is 0 Å².